The van der Waals surface area contributed by atoms with Crippen LogP contribution in [0.1, 0.15) is 11.1 Å². The molecule has 0 atom stereocenters. The molecule has 0 unspecified atom stereocenters. The third-order valence-electron chi connectivity index (χ3n) is 4.57. The topological polar surface area (TPSA) is 54.9 Å². The zero-order chi connectivity index (χ0) is 21.1. The monoisotopic (exact) mass is 407 g/mol. The van der Waals surface area contributed by atoms with Crippen LogP contribution in [-0.4, -0.2) is 15.9 Å². The van der Waals surface area contributed by atoms with E-state index in [2.05, 4.69) is 15.3 Å². The van der Waals surface area contributed by atoms with Gasteiger partial charge in [-0.3, -0.25) is 4.79 Å². The molecule has 1 amide bonds. The van der Waals surface area contributed by atoms with Crippen LogP contribution < -0.4 is 5.32 Å². The van der Waals surface area contributed by atoms with Crippen LogP contribution >= 0.6 is 0 Å². The van der Waals surface area contributed by atoms with Gasteiger partial charge in [-0.1, -0.05) is 54.6 Å². The van der Waals surface area contributed by atoms with Gasteiger partial charge in [0.05, 0.1) is 23.2 Å². The number of nitrogens with one attached hydrogen (secondary N) is 1. The SMILES string of the molecule is O=C(Cc1cccc2cc(C(F)(F)F)c(-c3ccccc3)nc12)Nc1ccccn1. The smallest absolute Gasteiger partial charge is 0.310 e. The Kier molecular flexibility index (Phi) is 5.18. The van der Waals surface area contributed by atoms with E-state index < -0.39 is 11.7 Å². The van der Waals surface area contributed by atoms with E-state index in [1.165, 1.54) is 0 Å². The molecule has 150 valence electrons. The Morgan fingerprint density at radius 3 is 2.40 bits per heavy atom. The number of hydrogen-bond acceptors (Lipinski definition) is 3. The van der Waals surface area contributed by atoms with Crippen molar-refractivity contribution in [3.8, 4) is 11.3 Å². The molecule has 0 saturated carbocycles. The zero-order valence-electron chi connectivity index (χ0n) is 15.6. The lowest BCUT2D eigenvalue weighted by Gasteiger charge is -2.15. The number of benzene rings is 2. The molecule has 0 saturated heterocycles. The Morgan fingerprint density at radius 2 is 1.70 bits per heavy atom. The molecule has 0 aliphatic carbocycles. The van der Waals surface area contributed by atoms with Crippen molar-refractivity contribution in [1.82, 2.24) is 9.97 Å². The van der Waals surface area contributed by atoms with Crippen LogP contribution in [0.5, 0.6) is 0 Å². The molecule has 7 heteroatoms. The highest BCUT2D eigenvalue weighted by atomic mass is 19.4. The minimum Gasteiger partial charge on any atom is -0.310 e. The highest BCUT2D eigenvalue weighted by molar-refractivity contribution is 5.95. The van der Waals surface area contributed by atoms with Crippen LogP contribution in [0.4, 0.5) is 19.0 Å². The summed E-state index contributed by atoms with van der Waals surface area (Å²) in [5.41, 5.74) is 0.288. The van der Waals surface area contributed by atoms with Crippen LogP contribution in [-0.2, 0) is 17.4 Å². The quantitative estimate of drug-likeness (QED) is 0.486. The van der Waals surface area contributed by atoms with Crippen molar-refractivity contribution in [3.63, 3.8) is 0 Å². The Labute approximate surface area is 170 Å². The van der Waals surface area contributed by atoms with Crippen molar-refractivity contribution in [2.75, 3.05) is 5.32 Å². The van der Waals surface area contributed by atoms with Crippen LogP contribution in [0, 0.1) is 0 Å². The maximum absolute atomic E-state index is 13.7. The molecule has 4 nitrogen and oxygen atoms in total. The third-order valence-corrected chi connectivity index (χ3v) is 4.57. The number of aromatic nitrogens is 2. The largest absolute Gasteiger partial charge is 0.418 e. The molecule has 4 rings (SSSR count). The van der Waals surface area contributed by atoms with E-state index in [0.29, 0.717) is 27.8 Å². The Hall–Kier alpha value is -3.74. The first kappa shape index (κ1) is 19.6. The van der Waals surface area contributed by atoms with Crippen LogP contribution in [0.25, 0.3) is 22.2 Å². The summed E-state index contributed by atoms with van der Waals surface area (Å²) in [6.07, 6.45) is -3.04. The number of nitrogens with zero attached hydrogens (tertiary/aromatic N) is 2. The first-order valence-electron chi connectivity index (χ1n) is 9.18. The fourth-order valence-electron chi connectivity index (χ4n) is 3.23. The van der Waals surface area contributed by atoms with Crippen molar-refractivity contribution in [2.45, 2.75) is 12.6 Å². The van der Waals surface area contributed by atoms with Crippen molar-refractivity contribution in [2.24, 2.45) is 0 Å². The molecular weight excluding hydrogens is 391 g/mol. The van der Waals surface area contributed by atoms with Crippen LogP contribution in [0.15, 0.2) is 79.0 Å². The molecule has 4 aromatic rings. The van der Waals surface area contributed by atoms with Gasteiger partial charge in [-0.05, 0) is 23.8 Å². The van der Waals surface area contributed by atoms with Gasteiger partial charge in [-0.25, -0.2) is 9.97 Å². The Balaban J connectivity index is 1.77. The highest BCUT2D eigenvalue weighted by Gasteiger charge is 2.35. The van der Waals surface area contributed by atoms with E-state index in [9.17, 15) is 18.0 Å². The normalized spacial score (nSPS) is 11.4. The molecule has 0 fully saturated rings. The Bertz CT molecular complexity index is 1190. The number of carbonyl (C=O) groups excluding carboxylic acids is 1. The van der Waals surface area contributed by atoms with Gasteiger partial charge in [0.15, 0.2) is 0 Å². The number of alkyl halides is 3. The molecular formula is C23H16F3N3O. The van der Waals surface area contributed by atoms with Crippen molar-refractivity contribution in [3.05, 3.63) is 90.1 Å². The van der Waals surface area contributed by atoms with Gasteiger partial charge in [0.2, 0.25) is 5.91 Å². The second-order valence-corrected chi connectivity index (χ2v) is 6.68. The number of fused-ring (bicyclic) bond motifs is 1. The van der Waals surface area contributed by atoms with Crippen LogP contribution in [0.2, 0.25) is 0 Å². The molecule has 0 aliphatic rings. The summed E-state index contributed by atoms with van der Waals surface area (Å²) in [6, 6.07) is 19.3. The predicted molar refractivity (Wildman–Crippen MR) is 109 cm³/mol. The number of amides is 1. The van der Waals surface area contributed by atoms with Gasteiger partial charge in [-0.15, -0.1) is 0 Å². The van der Waals surface area contributed by atoms with Crippen molar-refractivity contribution in [1.29, 1.82) is 0 Å². The van der Waals surface area contributed by atoms with Gasteiger partial charge in [0.25, 0.3) is 0 Å². The summed E-state index contributed by atoms with van der Waals surface area (Å²) >= 11 is 0. The standard InChI is InChI=1S/C23H16F3N3O/c24-23(25,26)18-13-16-9-6-10-17(14-20(30)28-19-11-4-5-12-27-19)21(16)29-22(18)15-7-2-1-3-8-15/h1-13H,14H2,(H,27,28,30). The first-order chi connectivity index (χ1) is 14.4. The average molecular weight is 407 g/mol. The lowest BCUT2D eigenvalue weighted by molar-refractivity contribution is -0.137. The summed E-state index contributed by atoms with van der Waals surface area (Å²) in [7, 11) is 0. The number of anilines is 1. The summed E-state index contributed by atoms with van der Waals surface area (Å²) < 4.78 is 41.1. The average Bonchev–Trinajstić information content (AvgIpc) is 2.74. The molecule has 2 aromatic heterocycles. The summed E-state index contributed by atoms with van der Waals surface area (Å²) in [6.45, 7) is 0. The van der Waals surface area contributed by atoms with Gasteiger partial charge in [-0.2, -0.15) is 13.2 Å². The predicted octanol–water partition coefficient (Wildman–Crippen LogP) is 5.50. The number of para-hydroxylation sites is 1. The van der Waals surface area contributed by atoms with Crippen LogP contribution in [0.3, 0.4) is 0 Å². The summed E-state index contributed by atoms with van der Waals surface area (Å²) in [5.74, 6) is 0.0733. The molecule has 0 bridgehead atoms. The van der Waals surface area contributed by atoms with E-state index in [1.54, 1.807) is 72.9 Å². The van der Waals surface area contributed by atoms with Gasteiger partial charge >= 0.3 is 6.18 Å². The second kappa shape index (κ2) is 7.94. The van der Waals surface area contributed by atoms with Gasteiger partial charge in [0.1, 0.15) is 5.82 Å². The van der Waals surface area contributed by atoms with E-state index in [0.717, 1.165) is 6.07 Å². The molecule has 0 radical (unpaired) electrons. The fraction of sp³-hybridized carbons (Fsp3) is 0.0870. The molecule has 2 heterocycles. The molecule has 30 heavy (non-hydrogen) atoms. The van der Waals surface area contributed by atoms with E-state index in [4.69, 9.17) is 0 Å². The number of carbonyl (C=O) groups is 1. The van der Waals surface area contributed by atoms with Crippen molar-refractivity contribution >= 4 is 22.6 Å². The number of rotatable bonds is 4. The van der Waals surface area contributed by atoms with Gasteiger partial charge in [0, 0.05) is 17.1 Å². The first-order valence-corrected chi connectivity index (χ1v) is 9.18. The fourth-order valence-corrected chi connectivity index (χ4v) is 3.23. The summed E-state index contributed by atoms with van der Waals surface area (Å²) in [5, 5.41) is 3.00. The number of pyridine rings is 2. The zero-order valence-corrected chi connectivity index (χ0v) is 15.6. The molecule has 1 N–H and O–H groups in total. The molecule has 0 spiro atoms. The number of halogens is 3. The minimum atomic E-state index is -4.56. The molecule has 2 aromatic carbocycles. The van der Waals surface area contributed by atoms with E-state index in [1.807, 2.05) is 0 Å². The lowest BCUT2D eigenvalue weighted by Crippen LogP contribution is -2.16. The van der Waals surface area contributed by atoms with E-state index >= 15 is 0 Å². The highest BCUT2D eigenvalue weighted by Crippen LogP contribution is 2.38. The Morgan fingerprint density at radius 1 is 0.933 bits per heavy atom. The van der Waals surface area contributed by atoms with E-state index in [-0.39, 0.29) is 18.0 Å². The summed E-state index contributed by atoms with van der Waals surface area (Å²) in [4.78, 5) is 20.8. The second-order valence-electron chi connectivity index (χ2n) is 6.68. The maximum Gasteiger partial charge on any atom is 0.418 e. The lowest BCUT2D eigenvalue weighted by atomic mass is 10.00. The van der Waals surface area contributed by atoms with Gasteiger partial charge < -0.3 is 5.32 Å². The number of hydrogen-bond donors (Lipinski definition) is 1. The minimum absolute atomic E-state index is 0.0412. The third kappa shape index (κ3) is 4.15. The molecule has 0 aliphatic heterocycles. The van der Waals surface area contributed by atoms with Crippen molar-refractivity contribution < 1.29 is 18.0 Å². The maximum atomic E-state index is 13.7.